The molecule has 0 spiro atoms. The number of nitrogens with one attached hydrogen (secondary N) is 1. The van der Waals surface area contributed by atoms with Crippen LogP contribution in [-0.2, 0) is 17.5 Å². The zero-order valence-corrected chi connectivity index (χ0v) is 19.3. The summed E-state index contributed by atoms with van der Waals surface area (Å²) in [4.78, 5) is 12.8. The standard InChI is InChI=1S/C27H19ClF3N3O/c1-17-24(13-19(15-32)26(35)33-22-6-4-5-20(14-22)27(29,30)31)23-7-2-3-8-25(23)34(17)16-18-9-11-21(28)12-10-18/h2-14H,16H2,1H3,(H,33,35)/b19-13-. The van der Waals surface area contributed by atoms with Crippen LogP contribution >= 0.6 is 11.6 Å². The number of halogens is 4. The molecule has 0 aliphatic carbocycles. The van der Waals surface area contributed by atoms with Crippen molar-refractivity contribution in [1.29, 1.82) is 5.26 Å². The topological polar surface area (TPSA) is 57.8 Å². The number of hydrogen-bond acceptors (Lipinski definition) is 2. The summed E-state index contributed by atoms with van der Waals surface area (Å²) in [6, 6.07) is 21.2. The molecule has 0 aliphatic heterocycles. The van der Waals surface area contributed by atoms with Gasteiger partial charge in [0.05, 0.1) is 5.56 Å². The Morgan fingerprint density at radius 1 is 1.09 bits per heavy atom. The van der Waals surface area contributed by atoms with Crippen molar-refractivity contribution in [2.45, 2.75) is 19.6 Å². The van der Waals surface area contributed by atoms with Crippen LogP contribution in [-0.4, -0.2) is 10.5 Å². The van der Waals surface area contributed by atoms with Crippen LogP contribution in [0.5, 0.6) is 0 Å². The summed E-state index contributed by atoms with van der Waals surface area (Å²) in [6.45, 7) is 2.44. The number of benzene rings is 3. The molecule has 1 N–H and O–H groups in total. The fourth-order valence-electron chi connectivity index (χ4n) is 3.88. The van der Waals surface area contributed by atoms with Gasteiger partial charge in [-0.2, -0.15) is 18.4 Å². The highest BCUT2D eigenvalue weighted by Crippen LogP contribution is 2.31. The highest BCUT2D eigenvalue weighted by molar-refractivity contribution is 6.30. The molecule has 1 amide bonds. The Bertz CT molecular complexity index is 1480. The summed E-state index contributed by atoms with van der Waals surface area (Å²) >= 11 is 6.00. The largest absolute Gasteiger partial charge is 0.416 e. The van der Waals surface area contributed by atoms with Gasteiger partial charge in [0, 0.05) is 39.4 Å². The van der Waals surface area contributed by atoms with Gasteiger partial charge in [-0.15, -0.1) is 0 Å². The Morgan fingerprint density at radius 3 is 2.49 bits per heavy atom. The van der Waals surface area contributed by atoms with E-state index in [0.717, 1.165) is 34.3 Å². The molecular weight excluding hydrogens is 475 g/mol. The summed E-state index contributed by atoms with van der Waals surface area (Å²) in [5.41, 5.74) is 2.30. The maximum absolute atomic E-state index is 13.0. The van der Waals surface area contributed by atoms with Crippen molar-refractivity contribution in [3.05, 3.63) is 106 Å². The molecule has 176 valence electrons. The van der Waals surface area contributed by atoms with Gasteiger partial charge in [0.15, 0.2) is 0 Å². The molecule has 4 aromatic rings. The van der Waals surface area contributed by atoms with Crippen LogP contribution < -0.4 is 5.32 Å². The Hall–Kier alpha value is -4.02. The second-order valence-electron chi connectivity index (χ2n) is 7.93. The number of carbonyl (C=O) groups excluding carboxylic acids is 1. The van der Waals surface area contributed by atoms with Gasteiger partial charge in [-0.05, 0) is 55.0 Å². The molecule has 4 nitrogen and oxygen atoms in total. The summed E-state index contributed by atoms with van der Waals surface area (Å²) in [5, 5.41) is 13.6. The zero-order valence-electron chi connectivity index (χ0n) is 18.5. The Labute approximate surface area is 204 Å². The van der Waals surface area contributed by atoms with Crippen molar-refractivity contribution in [3.8, 4) is 6.07 Å². The fourth-order valence-corrected chi connectivity index (χ4v) is 4.01. The molecule has 4 rings (SSSR count). The molecule has 0 aliphatic rings. The van der Waals surface area contributed by atoms with Crippen LogP contribution in [0.4, 0.5) is 18.9 Å². The molecule has 0 unspecified atom stereocenters. The van der Waals surface area contributed by atoms with Crippen LogP contribution in [0.3, 0.4) is 0 Å². The van der Waals surface area contributed by atoms with E-state index in [-0.39, 0.29) is 11.3 Å². The van der Waals surface area contributed by atoms with E-state index in [0.29, 0.717) is 17.1 Å². The fraction of sp³-hybridized carbons (Fsp3) is 0.111. The smallest absolute Gasteiger partial charge is 0.340 e. The third kappa shape index (κ3) is 5.23. The highest BCUT2D eigenvalue weighted by atomic mass is 35.5. The average Bonchev–Trinajstić information content (AvgIpc) is 3.09. The molecule has 1 aromatic heterocycles. The number of alkyl halides is 3. The first-order valence-electron chi connectivity index (χ1n) is 10.6. The van der Waals surface area contributed by atoms with Gasteiger partial charge < -0.3 is 9.88 Å². The molecule has 0 fully saturated rings. The minimum Gasteiger partial charge on any atom is -0.340 e. The number of hydrogen-bond donors (Lipinski definition) is 1. The molecule has 0 saturated carbocycles. The molecule has 0 saturated heterocycles. The lowest BCUT2D eigenvalue weighted by molar-refractivity contribution is -0.137. The van der Waals surface area contributed by atoms with Crippen molar-refractivity contribution in [3.63, 3.8) is 0 Å². The van der Waals surface area contributed by atoms with Crippen LogP contribution in [0.25, 0.3) is 17.0 Å². The monoisotopic (exact) mass is 493 g/mol. The lowest BCUT2D eigenvalue weighted by Crippen LogP contribution is -2.14. The molecule has 1 heterocycles. The second kappa shape index (κ2) is 9.69. The van der Waals surface area contributed by atoms with E-state index in [1.54, 1.807) is 0 Å². The van der Waals surface area contributed by atoms with Crippen molar-refractivity contribution >= 4 is 40.2 Å². The molecule has 3 aromatic carbocycles. The van der Waals surface area contributed by atoms with Gasteiger partial charge in [0.1, 0.15) is 11.6 Å². The van der Waals surface area contributed by atoms with Crippen LogP contribution in [0.1, 0.15) is 22.4 Å². The first kappa shape index (κ1) is 24.1. The van der Waals surface area contributed by atoms with Crippen LogP contribution in [0.2, 0.25) is 5.02 Å². The van der Waals surface area contributed by atoms with E-state index in [1.165, 1.54) is 18.2 Å². The Kier molecular flexibility index (Phi) is 6.68. The van der Waals surface area contributed by atoms with E-state index in [9.17, 15) is 23.2 Å². The molecule has 0 atom stereocenters. The van der Waals surface area contributed by atoms with Crippen LogP contribution in [0, 0.1) is 18.3 Å². The number of carbonyl (C=O) groups is 1. The first-order chi connectivity index (χ1) is 16.7. The molecular formula is C27H19ClF3N3O. The SMILES string of the molecule is Cc1c(/C=C(/C#N)C(=O)Nc2cccc(C(F)(F)F)c2)c2ccccc2n1Cc1ccc(Cl)cc1. The van der Waals surface area contributed by atoms with Crippen molar-refractivity contribution in [2.24, 2.45) is 0 Å². The molecule has 35 heavy (non-hydrogen) atoms. The number of para-hydroxylation sites is 1. The van der Waals surface area contributed by atoms with Crippen LogP contribution in [0.15, 0.2) is 78.4 Å². The van der Waals surface area contributed by atoms with E-state index in [4.69, 9.17) is 11.6 Å². The summed E-state index contributed by atoms with van der Waals surface area (Å²) in [7, 11) is 0. The quantitative estimate of drug-likeness (QED) is 0.236. The first-order valence-corrected chi connectivity index (χ1v) is 11.0. The lowest BCUT2D eigenvalue weighted by Gasteiger charge is -2.10. The minimum absolute atomic E-state index is 0.0483. The van der Waals surface area contributed by atoms with E-state index >= 15 is 0 Å². The zero-order chi connectivity index (χ0) is 25.2. The Balaban J connectivity index is 1.70. The number of aromatic nitrogens is 1. The molecule has 8 heteroatoms. The number of nitrogens with zero attached hydrogens (tertiary/aromatic N) is 2. The van der Waals surface area contributed by atoms with Gasteiger partial charge >= 0.3 is 6.18 Å². The van der Waals surface area contributed by atoms with E-state index < -0.39 is 17.6 Å². The molecule has 0 radical (unpaired) electrons. The van der Waals surface area contributed by atoms with Crippen molar-refractivity contribution in [2.75, 3.05) is 5.32 Å². The Morgan fingerprint density at radius 2 is 1.80 bits per heavy atom. The normalized spacial score (nSPS) is 11.9. The predicted molar refractivity (Wildman–Crippen MR) is 131 cm³/mol. The lowest BCUT2D eigenvalue weighted by atomic mass is 10.1. The average molecular weight is 494 g/mol. The third-order valence-electron chi connectivity index (χ3n) is 5.64. The van der Waals surface area contributed by atoms with Gasteiger partial charge in [-0.3, -0.25) is 4.79 Å². The third-order valence-corrected chi connectivity index (χ3v) is 5.89. The predicted octanol–water partition coefficient (Wildman–Crippen LogP) is 7.22. The number of fused-ring (bicyclic) bond motifs is 1. The number of anilines is 1. The van der Waals surface area contributed by atoms with Gasteiger partial charge in [-0.1, -0.05) is 48.0 Å². The molecule has 0 bridgehead atoms. The highest BCUT2D eigenvalue weighted by Gasteiger charge is 2.30. The van der Waals surface area contributed by atoms with Gasteiger partial charge in [-0.25, -0.2) is 0 Å². The van der Waals surface area contributed by atoms with Gasteiger partial charge in [0.2, 0.25) is 0 Å². The second-order valence-corrected chi connectivity index (χ2v) is 8.37. The van der Waals surface area contributed by atoms with Gasteiger partial charge in [0.25, 0.3) is 5.91 Å². The van der Waals surface area contributed by atoms with Crippen molar-refractivity contribution in [1.82, 2.24) is 4.57 Å². The number of rotatable bonds is 5. The minimum atomic E-state index is -4.54. The number of nitriles is 1. The van der Waals surface area contributed by atoms with E-state index in [1.807, 2.05) is 61.5 Å². The summed E-state index contributed by atoms with van der Waals surface area (Å²) in [6.07, 6.45) is -3.07. The number of amides is 1. The summed E-state index contributed by atoms with van der Waals surface area (Å²) in [5.74, 6) is -0.791. The maximum atomic E-state index is 13.0. The van der Waals surface area contributed by atoms with E-state index in [2.05, 4.69) is 9.88 Å². The summed E-state index contributed by atoms with van der Waals surface area (Å²) < 4.78 is 41.1. The maximum Gasteiger partial charge on any atom is 0.416 e. The van der Waals surface area contributed by atoms with Crippen molar-refractivity contribution < 1.29 is 18.0 Å².